The SMILES string of the molecule is [CH2]C(C)CC(C)(C)CCC(C)C. The van der Waals surface area contributed by atoms with Crippen molar-refractivity contribution in [1.82, 2.24) is 0 Å². The van der Waals surface area contributed by atoms with E-state index < -0.39 is 0 Å². The van der Waals surface area contributed by atoms with Crippen molar-refractivity contribution in [2.75, 3.05) is 0 Å². The lowest BCUT2D eigenvalue weighted by atomic mass is 9.79. The smallest absolute Gasteiger partial charge is 0.0352 e. The minimum absolute atomic E-state index is 0.492. The molecular formula is C12H25. The zero-order valence-corrected chi connectivity index (χ0v) is 9.48. The van der Waals surface area contributed by atoms with Crippen LogP contribution in [0.25, 0.3) is 0 Å². The third kappa shape index (κ3) is 6.69. The Hall–Kier alpha value is 0. The van der Waals surface area contributed by atoms with E-state index in [-0.39, 0.29) is 0 Å². The van der Waals surface area contributed by atoms with E-state index in [4.69, 9.17) is 0 Å². The van der Waals surface area contributed by atoms with Crippen molar-refractivity contribution in [1.29, 1.82) is 0 Å². The lowest BCUT2D eigenvalue weighted by Crippen LogP contribution is -2.15. The first-order chi connectivity index (χ1) is 5.33. The molecule has 0 aliphatic rings. The van der Waals surface area contributed by atoms with Crippen molar-refractivity contribution in [3.05, 3.63) is 6.92 Å². The second-order valence-electron chi connectivity index (χ2n) is 5.41. The Morgan fingerprint density at radius 3 is 2.00 bits per heavy atom. The highest BCUT2D eigenvalue weighted by Crippen LogP contribution is 2.31. The van der Waals surface area contributed by atoms with Crippen LogP contribution in [0.3, 0.4) is 0 Å². The molecule has 0 fully saturated rings. The van der Waals surface area contributed by atoms with Gasteiger partial charge in [0.1, 0.15) is 0 Å². The van der Waals surface area contributed by atoms with Crippen LogP contribution in [0.4, 0.5) is 0 Å². The summed E-state index contributed by atoms with van der Waals surface area (Å²) in [4.78, 5) is 0. The summed E-state index contributed by atoms with van der Waals surface area (Å²) >= 11 is 0. The summed E-state index contributed by atoms with van der Waals surface area (Å²) in [5.74, 6) is 1.43. The molecule has 0 aromatic heterocycles. The summed E-state index contributed by atoms with van der Waals surface area (Å²) in [7, 11) is 0. The van der Waals surface area contributed by atoms with Gasteiger partial charge in [-0.15, -0.1) is 0 Å². The summed E-state index contributed by atoms with van der Waals surface area (Å²) in [5, 5.41) is 0. The summed E-state index contributed by atoms with van der Waals surface area (Å²) in [6.07, 6.45) is 3.93. The molecule has 1 atom stereocenters. The monoisotopic (exact) mass is 169 g/mol. The molecule has 0 heteroatoms. The summed E-state index contributed by atoms with van der Waals surface area (Å²) in [6, 6.07) is 0. The average molecular weight is 169 g/mol. The number of hydrogen-bond acceptors (Lipinski definition) is 0. The van der Waals surface area contributed by atoms with Crippen molar-refractivity contribution in [2.24, 2.45) is 17.3 Å². The molecule has 12 heavy (non-hydrogen) atoms. The van der Waals surface area contributed by atoms with Gasteiger partial charge in [-0.25, -0.2) is 0 Å². The molecule has 0 rings (SSSR count). The third-order valence-electron chi connectivity index (χ3n) is 2.30. The van der Waals surface area contributed by atoms with Crippen LogP contribution in [0.5, 0.6) is 0 Å². The molecule has 0 saturated heterocycles. The Kier molecular flexibility index (Phi) is 4.89. The quantitative estimate of drug-likeness (QED) is 0.575. The molecule has 1 unspecified atom stereocenters. The van der Waals surface area contributed by atoms with Gasteiger partial charge in [-0.05, 0) is 30.1 Å². The topological polar surface area (TPSA) is 0 Å². The Balaban J connectivity index is 3.71. The molecule has 73 valence electrons. The molecular weight excluding hydrogens is 144 g/mol. The predicted molar refractivity (Wildman–Crippen MR) is 57.0 cm³/mol. The normalized spacial score (nSPS) is 13.0. The summed E-state index contributed by atoms with van der Waals surface area (Å²) < 4.78 is 0. The minimum atomic E-state index is 0.492. The molecule has 0 aliphatic carbocycles. The van der Waals surface area contributed by atoms with Crippen LogP contribution in [-0.2, 0) is 0 Å². The first-order valence-corrected chi connectivity index (χ1v) is 5.16. The Labute approximate surface area is 78.8 Å². The highest BCUT2D eigenvalue weighted by atomic mass is 14.2. The fourth-order valence-electron chi connectivity index (χ4n) is 1.72. The molecule has 1 radical (unpaired) electrons. The maximum Gasteiger partial charge on any atom is -0.0352 e. The Bertz CT molecular complexity index is 109. The van der Waals surface area contributed by atoms with E-state index in [1.54, 1.807) is 0 Å². The molecule has 0 nitrogen and oxygen atoms in total. The fraction of sp³-hybridized carbons (Fsp3) is 0.917. The lowest BCUT2D eigenvalue weighted by Gasteiger charge is -2.27. The van der Waals surface area contributed by atoms with Crippen LogP contribution in [-0.4, -0.2) is 0 Å². The molecule has 0 heterocycles. The molecule has 0 aliphatic heterocycles. The van der Waals surface area contributed by atoms with E-state index in [0.29, 0.717) is 11.3 Å². The maximum absolute atomic E-state index is 4.05. The summed E-state index contributed by atoms with van der Waals surface area (Å²) in [6.45, 7) is 15.6. The van der Waals surface area contributed by atoms with Crippen molar-refractivity contribution in [2.45, 2.75) is 53.9 Å². The minimum Gasteiger partial charge on any atom is -0.0628 e. The van der Waals surface area contributed by atoms with Crippen LogP contribution in [0.2, 0.25) is 0 Å². The first-order valence-electron chi connectivity index (χ1n) is 5.16. The van der Waals surface area contributed by atoms with Gasteiger partial charge in [-0.2, -0.15) is 0 Å². The molecule has 0 N–H and O–H groups in total. The first kappa shape index (κ1) is 12.0. The molecule has 0 saturated carbocycles. The van der Waals surface area contributed by atoms with E-state index in [2.05, 4.69) is 41.5 Å². The van der Waals surface area contributed by atoms with E-state index in [1.807, 2.05) is 0 Å². The average Bonchev–Trinajstić information content (AvgIpc) is 1.81. The van der Waals surface area contributed by atoms with Crippen LogP contribution in [0, 0.1) is 24.2 Å². The van der Waals surface area contributed by atoms with Crippen LogP contribution in [0.15, 0.2) is 0 Å². The third-order valence-corrected chi connectivity index (χ3v) is 2.30. The van der Waals surface area contributed by atoms with Crippen LogP contribution < -0.4 is 0 Å². The largest absolute Gasteiger partial charge is 0.0628 e. The van der Waals surface area contributed by atoms with Gasteiger partial charge < -0.3 is 0 Å². The maximum atomic E-state index is 4.05. The van der Waals surface area contributed by atoms with Crippen molar-refractivity contribution in [3.8, 4) is 0 Å². The molecule has 0 spiro atoms. The molecule has 0 bridgehead atoms. The lowest BCUT2D eigenvalue weighted by molar-refractivity contribution is 0.256. The van der Waals surface area contributed by atoms with Crippen LogP contribution in [0.1, 0.15) is 53.9 Å². The van der Waals surface area contributed by atoms with Gasteiger partial charge in [0.2, 0.25) is 0 Å². The standard InChI is InChI=1S/C12H25/c1-10(2)7-8-12(5,6)9-11(3)4/h10-11H,3,7-9H2,1-2,4-6H3. The van der Waals surface area contributed by atoms with Gasteiger partial charge >= 0.3 is 0 Å². The molecule has 0 aromatic carbocycles. The van der Waals surface area contributed by atoms with Crippen molar-refractivity contribution in [3.63, 3.8) is 0 Å². The highest BCUT2D eigenvalue weighted by Gasteiger charge is 2.19. The van der Waals surface area contributed by atoms with Gasteiger partial charge in [0.15, 0.2) is 0 Å². The zero-order chi connectivity index (χ0) is 9.78. The summed E-state index contributed by atoms with van der Waals surface area (Å²) in [5.41, 5.74) is 0.492. The van der Waals surface area contributed by atoms with Gasteiger partial charge in [0, 0.05) is 0 Å². The molecule has 0 aromatic rings. The number of hydrogen-bond donors (Lipinski definition) is 0. The predicted octanol–water partition coefficient (Wildman–Crippen LogP) is 4.31. The van der Waals surface area contributed by atoms with Crippen molar-refractivity contribution < 1.29 is 0 Å². The Morgan fingerprint density at radius 1 is 1.17 bits per heavy atom. The van der Waals surface area contributed by atoms with E-state index in [1.165, 1.54) is 19.3 Å². The van der Waals surface area contributed by atoms with E-state index in [0.717, 1.165) is 5.92 Å². The van der Waals surface area contributed by atoms with Gasteiger partial charge in [-0.3, -0.25) is 0 Å². The van der Waals surface area contributed by atoms with Gasteiger partial charge in [0.05, 0.1) is 0 Å². The van der Waals surface area contributed by atoms with Gasteiger partial charge in [0.25, 0.3) is 0 Å². The zero-order valence-electron chi connectivity index (χ0n) is 9.48. The van der Waals surface area contributed by atoms with E-state index in [9.17, 15) is 0 Å². The molecule has 0 amide bonds. The fourth-order valence-corrected chi connectivity index (χ4v) is 1.72. The van der Waals surface area contributed by atoms with E-state index >= 15 is 0 Å². The second-order valence-corrected chi connectivity index (χ2v) is 5.41. The van der Waals surface area contributed by atoms with Gasteiger partial charge in [-0.1, -0.05) is 48.0 Å². The van der Waals surface area contributed by atoms with Crippen LogP contribution >= 0.6 is 0 Å². The second kappa shape index (κ2) is 4.89. The number of rotatable bonds is 5. The Morgan fingerprint density at radius 2 is 1.67 bits per heavy atom. The highest BCUT2D eigenvalue weighted by molar-refractivity contribution is 4.73. The van der Waals surface area contributed by atoms with Crippen molar-refractivity contribution >= 4 is 0 Å².